The standard InChI is InChI=1S/C8H13N/c1-2-4-8-6-5-7(3-1)9-8/h1-2,7-9H,3-6H2/t7-,8-/m0/s1. The molecular weight excluding hydrogens is 110 g/mol. The predicted molar refractivity (Wildman–Crippen MR) is 38.3 cm³/mol. The molecule has 50 valence electrons. The lowest BCUT2D eigenvalue weighted by atomic mass is 10.1. The Labute approximate surface area is 56.1 Å². The van der Waals surface area contributed by atoms with E-state index in [0.717, 1.165) is 12.1 Å². The summed E-state index contributed by atoms with van der Waals surface area (Å²) >= 11 is 0. The van der Waals surface area contributed by atoms with Crippen LogP contribution in [0.15, 0.2) is 12.2 Å². The second kappa shape index (κ2) is 2.14. The molecule has 0 saturated carbocycles. The molecule has 2 aliphatic rings. The van der Waals surface area contributed by atoms with Gasteiger partial charge in [0.2, 0.25) is 0 Å². The maximum absolute atomic E-state index is 3.59. The van der Waals surface area contributed by atoms with Crippen molar-refractivity contribution < 1.29 is 0 Å². The molecule has 0 aromatic rings. The first kappa shape index (κ1) is 5.48. The van der Waals surface area contributed by atoms with Gasteiger partial charge in [-0.2, -0.15) is 0 Å². The van der Waals surface area contributed by atoms with E-state index in [1.165, 1.54) is 25.7 Å². The van der Waals surface area contributed by atoms with Crippen LogP contribution in [0.25, 0.3) is 0 Å². The van der Waals surface area contributed by atoms with Crippen LogP contribution in [-0.2, 0) is 0 Å². The van der Waals surface area contributed by atoms with Crippen LogP contribution in [-0.4, -0.2) is 12.1 Å². The molecule has 0 aromatic carbocycles. The minimum Gasteiger partial charge on any atom is -0.311 e. The number of nitrogens with one attached hydrogen (secondary N) is 1. The highest BCUT2D eigenvalue weighted by Crippen LogP contribution is 2.20. The molecule has 2 bridgehead atoms. The van der Waals surface area contributed by atoms with Gasteiger partial charge in [-0.1, -0.05) is 12.2 Å². The zero-order valence-electron chi connectivity index (χ0n) is 5.64. The smallest absolute Gasteiger partial charge is 0.0105 e. The van der Waals surface area contributed by atoms with Gasteiger partial charge >= 0.3 is 0 Å². The summed E-state index contributed by atoms with van der Waals surface area (Å²) in [5.41, 5.74) is 0. The summed E-state index contributed by atoms with van der Waals surface area (Å²) in [5, 5.41) is 3.59. The summed E-state index contributed by atoms with van der Waals surface area (Å²) < 4.78 is 0. The molecule has 2 heterocycles. The van der Waals surface area contributed by atoms with Gasteiger partial charge in [-0.15, -0.1) is 0 Å². The minimum absolute atomic E-state index is 0.814. The van der Waals surface area contributed by atoms with Crippen molar-refractivity contribution in [3.8, 4) is 0 Å². The Morgan fingerprint density at radius 2 is 1.56 bits per heavy atom. The van der Waals surface area contributed by atoms with Crippen molar-refractivity contribution in [3.05, 3.63) is 12.2 Å². The van der Waals surface area contributed by atoms with Crippen LogP contribution in [0, 0.1) is 0 Å². The average Bonchev–Trinajstić information content (AvgIpc) is 2.09. The topological polar surface area (TPSA) is 12.0 Å². The van der Waals surface area contributed by atoms with Crippen LogP contribution in [0.4, 0.5) is 0 Å². The van der Waals surface area contributed by atoms with E-state index in [2.05, 4.69) is 17.5 Å². The maximum atomic E-state index is 3.59. The SMILES string of the molecule is C1=CC[C@H]2CC[C@H](C1)N2. The van der Waals surface area contributed by atoms with Gasteiger partial charge in [-0.3, -0.25) is 0 Å². The zero-order chi connectivity index (χ0) is 6.10. The molecule has 2 rings (SSSR count). The summed E-state index contributed by atoms with van der Waals surface area (Å²) in [6.07, 6.45) is 9.95. The van der Waals surface area contributed by atoms with Gasteiger partial charge in [0.1, 0.15) is 0 Å². The molecule has 1 fully saturated rings. The molecule has 2 atom stereocenters. The highest BCUT2D eigenvalue weighted by molar-refractivity contribution is 4.99. The monoisotopic (exact) mass is 123 g/mol. The van der Waals surface area contributed by atoms with Gasteiger partial charge < -0.3 is 5.32 Å². The highest BCUT2D eigenvalue weighted by Gasteiger charge is 2.22. The van der Waals surface area contributed by atoms with Gasteiger partial charge in [-0.25, -0.2) is 0 Å². The first-order valence-electron chi connectivity index (χ1n) is 3.86. The Morgan fingerprint density at radius 1 is 1.00 bits per heavy atom. The second-order valence-electron chi connectivity index (χ2n) is 3.08. The fraction of sp³-hybridized carbons (Fsp3) is 0.750. The number of rotatable bonds is 0. The molecule has 1 saturated heterocycles. The van der Waals surface area contributed by atoms with Gasteiger partial charge in [0.05, 0.1) is 0 Å². The predicted octanol–water partition coefficient (Wildman–Crippen LogP) is 1.46. The van der Waals surface area contributed by atoms with Crippen molar-refractivity contribution in [2.75, 3.05) is 0 Å². The zero-order valence-corrected chi connectivity index (χ0v) is 5.64. The van der Waals surface area contributed by atoms with Crippen molar-refractivity contribution in [2.45, 2.75) is 37.8 Å². The van der Waals surface area contributed by atoms with E-state index in [0.29, 0.717) is 0 Å². The van der Waals surface area contributed by atoms with Crippen molar-refractivity contribution in [1.82, 2.24) is 5.32 Å². The molecule has 1 heteroatoms. The largest absolute Gasteiger partial charge is 0.311 e. The third kappa shape index (κ3) is 1.01. The number of hydrogen-bond donors (Lipinski definition) is 1. The average molecular weight is 123 g/mol. The third-order valence-electron chi connectivity index (χ3n) is 2.34. The van der Waals surface area contributed by atoms with E-state index < -0.39 is 0 Å². The number of hydrogen-bond acceptors (Lipinski definition) is 1. The molecule has 2 aliphatic heterocycles. The van der Waals surface area contributed by atoms with Gasteiger partial charge in [0.15, 0.2) is 0 Å². The van der Waals surface area contributed by atoms with Crippen LogP contribution < -0.4 is 5.32 Å². The van der Waals surface area contributed by atoms with Crippen LogP contribution >= 0.6 is 0 Å². The summed E-state index contributed by atoms with van der Waals surface area (Å²) in [6.45, 7) is 0. The lowest BCUT2D eigenvalue weighted by molar-refractivity contribution is 0.558. The molecule has 0 aromatic heterocycles. The Balaban J connectivity index is 2.08. The number of fused-ring (bicyclic) bond motifs is 2. The van der Waals surface area contributed by atoms with Crippen LogP contribution in [0.5, 0.6) is 0 Å². The second-order valence-corrected chi connectivity index (χ2v) is 3.08. The van der Waals surface area contributed by atoms with E-state index >= 15 is 0 Å². The first-order chi connectivity index (χ1) is 4.45. The quantitative estimate of drug-likeness (QED) is 0.481. The van der Waals surface area contributed by atoms with E-state index in [1.807, 2.05) is 0 Å². The summed E-state index contributed by atoms with van der Waals surface area (Å²) in [6, 6.07) is 1.63. The van der Waals surface area contributed by atoms with Crippen LogP contribution in [0.2, 0.25) is 0 Å². The van der Waals surface area contributed by atoms with Crippen molar-refractivity contribution >= 4 is 0 Å². The third-order valence-corrected chi connectivity index (χ3v) is 2.34. The molecule has 0 radical (unpaired) electrons. The molecule has 0 spiro atoms. The van der Waals surface area contributed by atoms with Crippen molar-refractivity contribution in [2.24, 2.45) is 0 Å². The molecule has 1 N–H and O–H groups in total. The van der Waals surface area contributed by atoms with E-state index in [9.17, 15) is 0 Å². The van der Waals surface area contributed by atoms with E-state index in [1.54, 1.807) is 0 Å². The van der Waals surface area contributed by atoms with Crippen LogP contribution in [0.3, 0.4) is 0 Å². The normalized spacial score (nSPS) is 40.9. The lowest BCUT2D eigenvalue weighted by Gasteiger charge is -2.06. The summed E-state index contributed by atoms with van der Waals surface area (Å²) in [5.74, 6) is 0. The van der Waals surface area contributed by atoms with Gasteiger partial charge in [-0.05, 0) is 25.7 Å². The molecular formula is C8H13N. The van der Waals surface area contributed by atoms with Crippen LogP contribution in [0.1, 0.15) is 25.7 Å². The summed E-state index contributed by atoms with van der Waals surface area (Å²) in [4.78, 5) is 0. The summed E-state index contributed by atoms with van der Waals surface area (Å²) in [7, 11) is 0. The molecule has 9 heavy (non-hydrogen) atoms. The Morgan fingerprint density at radius 3 is 2.11 bits per heavy atom. The lowest BCUT2D eigenvalue weighted by Crippen LogP contribution is -2.26. The Bertz CT molecular complexity index is 115. The van der Waals surface area contributed by atoms with Crippen molar-refractivity contribution in [3.63, 3.8) is 0 Å². The highest BCUT2D eigenvalue weighted by atomic mass is 15.0. The van der Waals surface area contributed by atoms with Crippen molar-refractivity contribution in [1.29, 1.82) is 0 Å². The Kier molecular flexibility index (Phi) is 1.31. The van der Waals surface area contributed by atoms with E-state index in [-0.39, 0.29) is 0 Å². The minimum atomic E-state index is 0.814. The maximum Gasteiger partial charge on any atom is 0.0105 e. The molecule has 0 amide bonds. The van der Waals surface area contributed by atoms with Gasteiger partial charge in [0.25, 0.3) is 0 Å². The fourth-order valence-corrected chi connectivity index (χ4v) is 1.80. The molecule has 0 unspecified atom stereocenters. The fourth-order valence-electron chi connectivity index (χ4n) is 1.80. The molecule has 0 aliphatic carbocycles. The van der Waals surface area contributed by atoms with Gasteiger partial charge in [0, 0.05) is 12.1 Å². The van der Waals surface area contributed by atoms with E-state index in [4.69, 9.17) is 0 Å². The Hall–Kier alpha value is -0.300. The molecule has 1 nitrogen and oxygen atoms in total. The first-order valence-corrected chi connectivity index (χ1v) is 3.86.